The number of benzene rings is 2. The number of para-hydroxylation sites is 2. The smallest absolute Gasteiger partial charge is 0.496 e. The van der Waals surface area contributed by atoms with Gasteiger partial charge in [-0.2, -0.15) is 0 Å². The van der Waals surface area contributed by atoms with Crippen molar-refractivity contribution >= 4 is 24.2 Å². The average molecular weight is 538 g/mol. The van der Waals surface area contributed by atoms with E-state index >= 15 is 0 Å². The zero-order valence-electron chi connectivity index (χ0n) is 20.6. The number of hydrogen-bond acceptors (Lipinski definition) is 14. The van der Waals surface area contributed by atoms with Crippen LogP contribution in [-0.4, -0.2) is 51.7 Å². The van der Waals surface area contributed by atoms with Gasteiger partial charge in [0.2, 0.25) is 0 Å². The summed E-state index contributed by atoms with van der Waals surface area (Å²) in [6, 6.07) is 12.5. The third kappa shape index (κ3) is 10.6. The number of carbonyl (C=O) groups is 4. The van der Waals surface area contributed by atoms with E-state index < -0.39 is 24.2 Å². The van der Waals surface area contributed by atoms with E-state index in [1.807, 2.05) is 0 Å². The van der Waals surface area contributed by atoms with Crippen molar-refractivity contribution < 1.29 is 67.8 Å². The van der Waals surface area contributed by atoms with Gasteiger partial charge in [0.05, 0.1) is 37.5 Å². The molecule has 0 unspecified atom stereocenters. The zero-order valence-corrected chi connectivity index (χ0v) is 20.6. The molecule has 38 heavy (non-hydrogen) atoms. The summed E-state index contributed by atoms with van der Waals surface area (Å²) in [4.78, 5) is 63.7. The highest BCUT2D eigenvalue weighted by Crippen LogP contribution is 2.19. The second kappa shape index (κ2) is 17.0. The van der Waals surface area contributed by atoms with Crippen molar-refractivity contribution in [2.75, 3.05) is 27.4 Å². The molecule has 2 aromatic carbocycles. The molecule has 2 aromatic rings. The van der Waals surface area contributed by atoms with Gasteiger partial charge >= 0.3 is 24.2 Å². The van der Waals surface area contributed by atoms with Crippen LogP contribution in [0.15, 0.2) is 48.5 Å². The summed E-state index contributed by atoms with van der Waals surface area (Å²) in [7, 11) is 2.76. The van der Waals surface area contributed by atoms with E-state index in [1.165, 1.54) is 26.4 Å². The molecule has 0 saturated heterocycles. The van der Waals surface area contributed by atoms with E-state index in [4.69, 9.17) is 18.9 Å². The summed E-state index contributed by atoms with van der Waals surface area (Å²) in [6.07, 6.45) is -0.193. The largest absolute Gasteiger partial charge is 0.543 e. The Balaban J connectivity index is 1.44. The molecule has 14 nitrogen and oxygen atoms in total. The van der Waals surface area contributed by atoms with Crippen molar-refractivity contribution in [1.29, 1.82) is 0 Å². The Morgan fingerprint density at radius 3 is 1.34 bits per heavy atom. The molecule has 0 spiro atoms. The highest BCUT2D eigenvalue weighted by molar-refractivity contribution is 5.92. The van der Waals surface area contributed by atoms with Crippen molar-refractivity contribution in [3.05, 3.63) is 59.7 Å². The molecule has 0 heterocycles. The predicted octanol–water partition coefficient (Wildman–Crippen LogP) is 4.28. The molecule has 14 heteroatoms. The standard InChI is InChI=1S/C24H26O14/c1-29-19-13-7-5-11-17(19)21(25)33-37-35-23(27)31-15-9-3-4-10-16-32-24(28)36-38-34-22(26)18-12-6-8-14-20(18)30-2/h5-8,11-14H,3-4,9-10,15-16H2,1-2H3. The number of carbonyl (C=O) groups excluding carboxylic acids is 4. The maximum atomic E-state index is 11.9. The molecule has 2 rings (SSSR count). The Morgan fingerprint density at radius 2 is 0.947 bits per heavy atom. The number of hydrogen-bond donors (Lipinski definition) is 0. The normalized spacial score (nSPS) is 10.1. The van der Waals surface area contributed by atoms with Crippen molar-refractivity contribution in [3.63, 3.8) is 0 Å². The SMILES string of the molecule is COc1ccccc1C(=O)OOOC(=O)OCCCCCCOC(=O)OOOC(=O)c1ccccc1OC. The monoisotopic (exact) mass is 538 g/mol. The van der Waals surface area contributed by atoms with Gasteiger partial charge < -0.3 is 18.9 Å². The van der Waals surface area contributed by atoms with E-state index in [2.05, 4.69) is 29.6 Å². The maximum Gasteiger partial charge on any atom is 0.543 e. The Labute approximate surface area is 216 Å². The van der Waals surface area contributed by atoms with E-state index in [9.17, 15) is 19.2 Å². The van der Waals surface area contributed by atoms with Gasteiger partial charge in [-0.15, -0.1) is 0 Å². The van der Waals surface area contributed by atoms with Crippen LogP contribution in [-0.2, 0) is 39.1 Å². The van der Waals surface area contributed by atoms with Crippen LogP contribution in [0.5, 0.6) is 11.5 Å². The third-order valence-electron chi connectivity index (χ3n) is 4.56. The maximum absolute atomic E-state index is 11.9. The molecule has 0 amide bonds. The van der Waals surface area contributed by atoms with Crippen LogP contribution in [0.3, 0.4) is 0 Å². The summed E-state index contributed by atoms with van der Waals surface area (Å²) < 4.78 is 19.5. The average Bonchev–Trinajstić information content (AvgIpc) is 2.94. The van der Waals surface area contributed by atoms with Crippen LogP contribution >= 0.6 is 0 Å². The lowest BCUT2D eigenvalue weighted by Gasteiger charge is -2.07. The molecule has 0 aliphatic heterocycles. The molecular weight excluding hydrogens is 512 g/mol. The van der Waals surface area contributed by atoms with Crippen molar-refractivity contribution in [2.45, 2.75) is 25.7 Å². The first-order valence-corrected chi connectivity index (χ1v) is 11.2. The number of rotatable bonds is 15. The first-order valence-electron chi connectivity index (χ1n) is 11.2. The lowest BCUT2D eigenvalue weighted by Crippen LogP contribution is -2.13. The fraction of sp³-hybridized carbons (Fsp3) is 0.333. The second-order valence-corrected chi connectivity index (χ2v) is 7.06. The number of ether oxygens (including phenoxy) is 4. The topological polar surface area (TPSA) is 161 Å². The summed E-state index contributed by atoms with van der Waals surface area (Å²) in [5, 5.41) is 8.27. The van der Waals surface area contributed by atoms with Gasteiger partial charge in [0, 0.05) is 0 Å². The van der Waals surface area contributed by atoms with Crippen LogP contribution in [0.2, 0.25) is 0 Å². The lowest BCUT2D eigenvalue weighted by atomic mass is 10.2. The minimum atomic E-state index is -1.20. The quantitative estimate of drug-likeness (QED) is 0.137. The van der Waals surface area contributed by atoms with Gasteiger partial charge in [-0.25, -0.2) is 29.0 Å². The van der Waals surface area contributed by atoms with E-state index in [-0.39, 0.29) is 35.8 Å². The first kappa shape index (κ1) is 29.7. The highest BCUT2D eigenvalue weighted by Gasteiger charge is 2.17. The van der Waals surface area contributed by atoms with Crippen LogP contribution in [0.25, 0.3) is 0 Å². The van der Waals surface area contributed by atoms with Crippen molar-refractivity contribution in [1.82, 2.24) is 0 Å². The molecule has 0 saturated carbocycles. The number of methoxy groups -OCH3 is 2. The van der Waals surface area contributed by atoms with Gasteiger partial charge in [-0.05, 0) is 49.9 Å². The molecule has 206 valence electrons. The van der Waals surface area contributed by atoms with E-state index in [0.29, 0.717) is 25.7 Å². The minimum absolute atomic E-state index is 0.0109. The molecular formula is C24H26O14. The minimum Gasteiger partial charge on any atom is -0.496 e. The molecule has 0 radical (unpaired) electrons. The van der Waals surface area contributed by atoms with Gasteiger partial charge in [0.25, 0.3) is 0 Å². The van der Waals surface area contributed by atoms with Crippen molar-refractivity contribution in [3.8, 4) is 11.5 Å². The summed E-state index contributed by atoms with van der Waals surface area (Å²) >= 11 is 0. The lowest BCUT2D eigenvalue weighted by molar-refractivity contribution is -0.452. The highest BCUT2D eigenvalue weighted by atomic mass is 17.5. The van der Waals surface area contributed by atoms with Crippen LogP contribution in [0, 0.1) is 0 Å². The second-order valence-electron chi connectivity index (χ2n) is 7.06. The summed E-state index contributed by atoms with van der Waals surface area (Å²) in [5.74, 6) is -1.35. The third-order valence-corrected chi connectivity index (χ3v) is 4.56. The van der Waals surface area contributed by atoms with E-state index in [1.54, 1.807) is 36.4 Å². The molecule has 0 N–H and O–H groups in total. The Bertz CT molecular complexity index is 970. The van der Waals surface area contributed by atoms with Gasteiger partial charge in [-0.1, -0.05) is 24.3 Å². The van der Waals surface area contributed by atoms with Crippen LogP contribution in [0.4, 0.5) is 9.59 Å². The fourth-order valence-corrected chi connectivity index (χ4v) is 2.78. The zero-order chi connectivity index (χ0) is 27.6. The molecule has 0 aliphatic rings. The fourth-order valence-electron chi connectivity index (χ4n) is 2.78. The Hall–Kier alpha value is -4.56. The molecule has 0 fully saturated rings. The molecule has 0 atom stereocenters. The van der Waals surface area contributed by atoms with Crippen LogP contribution < -0.4 is 9.47 Å². The molecule has 0 aromatic heterocycles. The molecule has 0 bridgehead atoms. The van der Waals surface area contributed by atoms with E-state index in [0.717, 1.165) is 0 Å². The van der Waals surface area contributed by atoms with Gasteiger partial charge in [-0.3, -0.25) is 9.78 Å². The van der Waals surface area contributed by atoms with Crippen molar-refractivity contribution in [2.24, 2.45) is 0 Å². The predicted molar refractivity (Wildman–Crippen MR) is 122 cm³/mol. The Kier molecular flexibility index (Phi) is 13.3. The van der Waals surface area contributed by atoms with Crippen LogP contribution in [0.1, 0.15) is 46.4 Å². The first-order chi connectivity index (χ1) is 18.5. The summed E-state index contributed by atoms with van der Waals surface area (Å²) in [5.41, 5.74) is 0.147. The van der Waals surface area contributed by atoms with Gasteiger partial charge in [0.1, 0.15) is 22.6 Å². The number of unbranched alkanes of at least 4 members (excludes halogenated alkanes) is 3. The molecule has 0 aliphatic carbocycles. The Morgan fingerprint density at radius 1 is 0.553 bits per heavy atom. The van der Waals surface area contributed by atoms with Gasteiger partial charge in [0.15, 0.2) is 0 Å². The summed E-state index contributed by atoms with van der Waals surface area (Å²) in [6.45, 7) is 0.0217.